The molecule has 1 fully saturated rings. The lowest BCUT2D eigenvalue weighted by Crippen LogP contribution is -2.37. The van der Waals surface area contributed by atoms with Gasteiger partial charge in [0.15, 0.2) is 5.96 Å². The van der Waals surface area contributed by atoms with Gasteiger partial charge >= 0.3 is 0 Å². The summed E-state index contributed by atoms with van der Waals surface area (Å²) in [6.45, 7) is 10.0. The zero-order chi connectivity index (χ0) is 23.0. The quantitative estimate of drug-likeness (QED) is 0.431. The lowest BCUT2D eigenvalue weighted by Gasteiger charge is -2.27. The van der Waals surface area contributed by atoms with E-state index in [1.165, 1.54) is 16.7 Å². The van der Waals surface area contributed by atoms with Crippen molar-refractivity contribution in [2.75, 3.05) is 33.4 Å². The fourth-order valence-corrected chi connectivity index (χ4v) is 4.20. The number of ether oxygens (including phenoxy) is 1. The second-order valence-electron chi connectivity index (χ2n) is 8.40. The molecule has 7 nitrogen and oxygen atoms in total. The Morgan fingerprint density at radius 2 is 1.58 bits per heavy atom. The van der Waals surface area contributed by atoms with Crippen LogP contribution in [-0.2, 0) is 24.4 Å². The number of nitrogens with zero attached hydrogens (tertiary/aromatic N) is 4. The zero-order valence-electron chi connectivity index (χ0n) is 19.8. The van der Waals surface area contributed by atoms with Crippen LogP contribution in [0.4, 0.5) is 0 Å². The van der Waals surface area contributed by atoms with Gasteiger partial charge in [-0.3, -0.25) is 9.89 Å². The SMILES string of the molecule is CN=C(NCc1ccccc1CN1CCOCC1)NCc1ccccc1-n1nc(C)cc1C. The van der Waals surface area contributed by atoms with E-state index in [0.717, 1.165) is 62.4 Å². The third-order valence-corrected chi connectivity index (χ3v) is 5.96. The number of aryl methyl sites for hydroxylation is 2. The molecule has 2 heterocycles. The Balaban J connectivity index is 1.39. The smallest absolute Gasteiger partial charge is 0.191 e. The van der Waals surface area contributed by atoms with Gasteiger partial charge in [0.1, 0.15) is 0 Å². The zero-order valence-corrected chi connectivity index (χ0v) is 19.8. The number of para-hydroxylation sites is 1. The lowest BCUT2D eigenvalue weighted by molar-refractivity contribution is 0.0341. The first-order chi connectivity index (χ1) is 16.1. The van der Waals surface area contributed by atoms with E-state index in [0.29, 0.717) is 6.54 Å². The van der Waals surface area contributed by atoms with Gasteiger partial charge < -0.3 is 15.4 Å². The van der Waals surface area contributed by atoms with Crippen molar-refractivity contribution < 1.29 is 4.74 Å². The summed E-state index contributed by atoms with van der Waals surface area (Å²) in [5, 5.41) is 11.6. The van der Waals surface area contributed by atoms with Crippen molar-refractivity contribution in [3.05, 3.63) is 82.7 Å². The molecule has 1 aliphatic heterocycles. The van der Waals surface area contributed by atoms with E-state index in [4.69, 9.17) is 4.74 Å². The Bertz CT molecular complexity index is 1080. The molecule has 7 heteroatoms. The van der Waals surface area contributed by atoms with Gasteiger partial charge in [-0.2, -0.15) is 5.10 Å². The largest absolute Gasteiger partial charge is 0.379 e. The first-order valence-electron chi connectivity index (χ1n) is 11.6. The summed E-state index contributed by atoms with van der Waals surface area (Å²) < 4.78 is 7.49. The van der Waals surface area contributed by atoms with Crippen LogP contribution in [0, 0.1) is 13.8 Å². The maximum Gasteiger partial charge on any atom is 0.191 e. The van der Waals surface area contributed by atoms with Gasteiger partial charge in [0.25, 0.3) is 0 Å². The summed E-state index contributed by atoms with van der Waals surface area (Å²) >= 11 is 0. The van der Waals surface area contributed by atoms with Crippen LogP contribution in [0.3, 0.4) is 0 Å². The molecule has 0 saturated carbocycles. The minimum atomic E-state index is 0.656. The molecule has 1 aromatic heterocycles. The number of guanidine groups is 1. The van der Waals surface area contributed by atoms with Crippen molar-refractivity contribution in [2.45, 2.75) is 33.5 Å². The third kappa shape index (κ3) is 6.00. The highest BCUT2D eigenvalue weighted by atomic mass is 16.5. The maximum absolute atomic E-state index is 5.49. The van der Waals surface area contributed by atoms with Crippen LogP contribution in [0.1, 0.15) is 28.1 Å². The first-order valence-corrected chi connectivity index (χ1v) is 11.6. The summed E-state index contributed by atoms with van der Waals surface area (Å²) in [5.41, 5.74) is 7.02. The predicted molar refractivity (Wildman–Crippen MR) is 133 cm³/mol. The fraction of sp³-hybridized carbons (Fsp3) is 0.385. The standard InChI is InChI=1S/C26H34N6O/c1-20-16-21(2)32(30-20)25-11-7-6-9-23(25)18-29-26(27-3)28-17-22-8-4-5-10-24(22)19-31-12-14-33-15-13-31/h4-11,16H,12-15,17-19H2,1-3H3,(H2,27,28,29). The average molecular weight is 447 g/mol. The predicted octanol–water partition coefficient (Wildman–Crippen LogP) is 3.19. The van der Waals surface area contributed by atoms with Gasteiger partial charge in [-0.05, 0) is 42.7 Å². The second kappa shape index (κ2) is 11.1. The second-order valence-corrected chi connectivity index (χ2v) is 8.40. The summed E-state index contributed by atoms with van der Waals surface area (Å²) in [6, 6.07) is 19.1. The van der Waals surface area contributed by atoms with Crippen molar-refractivity contribution in [1.82, 2.24) is 25.3 Å². The molecule has 0 radical (unpaired) electrons. The highest BCUT2D eigenvalue weighted by molar-refractivity contribution is 5.79. The van der Waals surface area contributed by atoms with Crippen molar-refractivity contribution in [3.63, 3.8) is 0 Å². The average Bonchev–Trinajstić information content (AvgIpc) is 3.18. The van der Waals surface area contributed by atoms with Gasteiger partial charge in [0, 0.05) is 45.5 Å². The Morgan fingerprint density at radius 1 is 0.939 bits per heavy atom. The Morgan fingerprint density at radius 3 is 2.24 bits per heavy atom. The Labute approximate surface area is 196 Å². The van der Waals surface area contributed by atoms with Gasteiger partial charge in [-0.15, -0.1) is 0 Å². The van der Waals surface area contributed by atoms with Crippen molar-refractivity contribution in [1.29, 1.82) is 0 Å². The minimum absolute atomic E-state index is 0.656. The van der Waals surface area contributed by atoms with Crippen LogP contribution in [0.5, 0.6) is 0 Å². The highest BCUT2D eigenvalue weighted by Gasteiger charge is 2.13. The number of nitrogens with one attached hydrogen (secondary N) is 2. The van der Waals surface area contributed by atoms with Crippen LogP contribution in [0.2, 0.25) is 0 Å². The number of hydrogen-bond donors (Lipinski definition) is 2. The monoisotopic (exact) mass is 446 g/mol. The van der Waals surface area contributed by atoms with Gasteiger partial charge in [0.2, 0.25) is 0 Å². The summed E-state index contributed by atoms with van der Waals surface area (Å²) in [6.07, 6.45) is 0. The molecule has 2 N–H and O–H groups in total. The number of rotatable bonds is 7. The molecule has 4 rings (SSSR count). The summed E-state index contributed by atoms with van der Waals surface area (Å²) in [4.78, 5) is 6.88. The van der Waals surface area contributed by atoms with E-state index >= 15 is 0 Å². The van der Waals surface area contributed by atoms with E-state index in [1.807, 2.05) is 24.7 Å². The number of hydrogen-bond acceptors (Lipinski definition) is 4. The van der Waals surface area contributed by atoms with Gasteiger partial charge in [-0.25, -0.2) is 4.68 Å². The molecule has 2 aromatic carbocycles. The van der Waals surface area contributed by atoms with Crippen molar-refractivity contribution >= 4 is 5.96 Å². The van der Waals surface area contributed by atoms with Crippen LogP contribution in [0.15, 0.2) is 59.6 Å². The third-order valence-electron chi connectivity index (χ3n) is 5.96. The molecule has 0 spiro atoms. The van der Waals surface area contributed by atoms with E-state index in [1.54, 1.807) is 0 Å². The molecule has 0 unspecified atom stereocenters. The Hall–Kier alpha value is -3.16. The molecule has 0 bridgehead atoms. The minimum Gasteiger partial charge on any atom is -0.379 e. The molecule has 0 atom stereocenters. The molecule has 1 aliphatic rings. The molecule has 0 aliphatic carbocycles. The van der Waals surface area contributed by atoms with E-state index in [9.17, 15) is 0 Å². The van der Waals surface area contributed by atoms with Crippen LogP contribution >= 0.6 is 0 Å². The van der Waals surface area contributed by atoms with Crippen molar-refractivity contribution in [3.8, 4) is 5.69 Å². The molecule has 1 saturated heterocycles. The van der Waals surface area contributed by atoms with Crippen molar-refractivity contribution in [2.24, 2.45) is 4.99 Å². The summed E-state index contributed by atoms with van der Waals surface area (Å²) in [7, 11) is 1.81. The molecule has 3 aromatic rings. The highest BCUT2D eigenvalue weighted by Crippen LogP contribution is 2.17. The molecule has 33 heavy (non-hydrogen) atoms. The number of aromatic nitrogens is 2. The van der Waals surface area contributed by atoms with E-state index < -0.39 is 0 Å². The topological polar surface area (TPSA) is 66.7 Å². The number of benzene rings is 2. The lowest BCUT2D eigenvalue weighted by atomic mass is 10.1. The molecule has 174 valence electrons. The maximum atomic E-state index is 5.49. The normalized spacial score (nSPS) is 14.9. The van der Waals surface area contributed by atoms with Crippen LogP contribution in [-0.4, -0.2) is 54.0 Å². The van der Waals surface area contributed by atoms with E-state index in [2.05, 4.69) is 81.1 Å². The molecular weight excluding hydrogens is 412 g/mol. The first kappa shape index (κ1) is 23.0. The van der Waals surface area contributed by atoms with E-state index in [-0.39, 0.29) is 0 Å². The van der Waals surface area contributed by atoms with Gasteiger partial charge in [-0.1, -0.05) is 42.5 Å². The molecular formula is C26H34N6O. The number of morpholine rings is 1. The summed E-state index contributed by atoms with van der Waals surface area (Å²) in [5.74, 6) is 0.777. The molecule has 0 amide bonds. The fourth-order valence-electron chi connectivity index (χ4n) is 4.20. The number of aliphatic imine (C=N–C) groups is 1. The Kier molecular flexibility index (Phi) is 7.75. The van der Waals surface area contributed by atoms with Crippen LogP contribution in [0.25, 0.3) is 5.69 Å². The van der Waals surface area contributed by atoms with Gasteiger partial charge in [0.05, 0.1) is 24.6 Å². The van der Waals surface area contributed by atoms with Crippen LogP contribution < -0.4 is 10.6 Å².